The molecule has 0 atom stereocenters. The number of nitrogens with zero attached hydrogens (tertiary/aromatic N) is 3. The lowest BCUT2D eigenvalue weighted by atomic mass is 10.2. The maximum Gasteiger partial charge on any atom is 0.229 e. The van der Waals surface area contributed by atoms with Crippen molar-refractivity contribution in [3.05, 3.63) is 41.9 Å². The molecule has 1 aliphatic heterocycles. The highest BCUT2D eigenvalue weighted by atomic mass is 19.1. The van der Waals surface area contributed by atoms with E-state index in [1.54, 1.807) is 18.3 Å². The van der Waals surface area contributed by atoms with Gasteiger partial charge in [0, 0.05) is 36.6 Å². The summed E-state index contributed by atoms with van der Waals surface area (Å²) < 4.78 is 18.7. The first-order chi connectivity index (χ1) is 11.2. The molecular formula is C17H19FN4O. The molecule has 0 radical (unpaired) electrons. The van der Waals surface area contributed by atoms with Crippen LogP contribution in [0.4, 0.5) is 21.8 Å². The van der Waals surface area contributed by atoms with E-state index < -0.39 is 5.82 Å². The highest BCUT2D eigenvalue weighted by Gasteiger charge is 2.15. The summed E-state index contributed by atoms with van der Waals surface area (Å²) in [7, 11) is 1.44. The van der Waals surface area contributed by atoms with Crippen molar-refractivity contribution in [3.8, 4) is 5.75 Å². The summed E-state index contributed by atoms with van der Waals surface area (Å²) in [5.41, 5.74) is 1.58. The number of ether oxygens (including phenoxy) is 1. The molecule has 0 saturated heterocycles. The lowest BCUT2D eigenvalue weighted by molar-refractivity contribution is 0.386. The molecule has 0 amide bonds. The van der Waals surface area contributed by atoms with E-state index in [0.29, 0.717) is 11.6 Å². The third kappa shape index (κ3) is 3.26. The van der Waals surface area contributed by atoms with Gasteiger partial charge in [0.25, 0.3) is 0 Å². The minimum absolute atomic E-state index is 0.209. The van der Waals surface area contributed by atoms with Crippen molar-refractivity contribution in [1.82, 2.24) is 9.97 Å². The summed E-state index contributed by atoms with van der Waals surface area (Å²) in [6, 6.07) is 4.67. The third-order valence-electron chi connectivity index (χ3n) is 3.62. The van der Waals surface area contributed by atoms with Crippen molar-refractivity contribution >= 4 is 23.5 Å². The fraction of sp³-hybridized carbons (Fsp3) is 0.294. The molecule has 120 valence electrons. The highest BCUT2D eigenvalue weighted by molar-refractivity contribution is 5.69. The van der Waals surface area contributed by atoms with Gasteiger partial charge in [0.1, 0.15) is 5.82 Å². The van der Waals surface area contributed by atoms with Crippen molar-refractivity contribution in [3.63, 3.8) is 0 Å². The normalized spacial score (nSPS) is 12.9. The Balaban J connectivity index is 1.85. The Morgan fingerprint density at radius 1 is 1.39 bits per heavy atom. The number of hydrogen-bond donors (Lipinski definition) is 1. The van der Waals surface area contributed by atoms with Crippen LogP contribution in [0.5, 0.6) is 5.75 Å². The van der Waals surface area contributed by atoms with E-state index in [0.717, 1.165) is 30.9 Å². The van der Waals surface area contributed by atoms with Gasteiger partial charge in [-0.2, -0.15) is 4.98 Å². The van der Waals surface area contributed by atoms with E-state index in [9.17, 15) is 4.39 Å². The minimum atomic E-state index is -0.425. The number of fused-ring (bicyclic) bond motifs is 1. The van der Waals surface area contributed by atoms with Crippen molar-refractivity contribution in [2.24, 2.45) is 0 Å². The van der Waals surface area contributed by atoms with Gasteiger partial charge in [-0.1, -0.05) is 19.1 Å². The van der Waals surface area contributed by atoms with Crippen LogP contribution in [0.2, 0.25) is 0 Å². The van der Waals surface area contributed by atoms with Gasteiger partial charge in [0.2, 0.25) is 5.95 Å². The fourth-order valence-electron chi connectivity index (χ4n) is 2.55. The maximum absolute atomic E-state index is 13.8. The second-order valence-electron chi connectivity index (χ2n) is 5.30. The van der Waals surface area contributed by atoms with E-state index in [4.69, 9.17) is 4.74 Å². The summed E-state index contributed by atoms with van der Waals surface area (Å²) in [5, 5.41) is 3.04. The predicted octanol–water partition coefficient (Wildman–Crippen LogP) is 3.61. The SMILES string of the molecule is CCCN1CC=Cc2cnc(Nc3ccc(OC)c(F)c3)nc21. The largest absolute Gasteiger partial charge is 0.494 e. The number of aromatic nitrogens is 2. The zero-order valence-corrected chi connectivity index (χ0v) is 13.2. The lowest BCUT2D eigenvalue weighted by Crippen LogP contribution is -2.28. The summed E-state index contributed by atoms with van der Waals surface area (Å²) in [6.45, 7) is 3.91. The molecule has 0 fully saturated rings. The molecule has 2 aromatic rings. The topological polar surface area (TPSA) is 50.3 Å². The van der Waals surface area contributed by atoms with Gasteiger partial charge in [0.05, 0.1) is 7.11 Å². The van der Waals surface area contributed by atoms with E-state index >= 15 is 0 Å². The van der Waals surface area contributed by atoms with Gasteiger partial charge >= 0.3 is 0 Å². The summed E-state index contributed by atoms with van der Waals surface area (Å²) in [5.74, 6) is 1.14. The van der Waals surface area contributed by atoms with Crippen molar-refractivity contribution in [1.29, 1.82) is 0 Å². The summed E-state index contributed by atoms with van der Waals surface area (Å²) in [6.07, 6.45) is 6.96. The molecule has 0 spiro atoms. The number of nitrogens with one attached hydrogen (secondary N) is 1. The van der Waals surface area contributed by atoms with Gasteiger partial charge in [-0.3, -0.25) is 0 Å². The Bertz CT molecular complexity index is 733. The first-order valence-electron chi connectivity index (χ1n) is 7.60. The average Bonchev–Trinajstić information content (AvgIpc) is 2.56. The van der Waals surface area contributed by atoms with Gasteiger partial charge in [0.15, 0.2) is 11.6 Å². The molecule has 5 nitrogen and oxygen atoms in total. The van der Waals surface area contributed by atoms with Crippen LogP contribution < -0.4 is 15.0 Å². The molecule has 23 heavy (non-hydrogen) atoms. The zero-order chi connectivity index (χ0) is 16.2. The first kappa shape index (κ1) is 15.3. The number of benzene rings is 1. The van der Waals surface area contributed by atoms with Gasteiger partial charge < -0.3 is 15.0 Å². The molecule has 2 heterocycles. The zero-order valence-electron chi connectivity index (χ0n) is 13.2. The Morgan fingerprint density at radius 2 is 2.26 bits per heavy atom. The second-order valence-corrected chi connectivity index (χ2v) is 5.30. The van der Waals surface area contributed by atoms with Crippen LogP contribution in [0.3, 0.4) is 0 Å². The molecule has 0 unspecified atom stereocenters. The van der Waals surface area contributed by atoms with Crippen LogP contribution in [0.15, 0.2) is 30.5 Å². The van der Waals surface area contributed by atoms with Crippen LogP contribution in [0.1, 0.15) is 18.9 Å². The van der Waals surface area contributed by atoms with Crippen LogP contribution in [-0.2, 0) is 0 Å². The predicted molar refractivity (Wildman–Crippen MR) is 89.8 cm³/mol. The third-order valence-corrected chi connectivity index (χ3v) is 3.62. The number of hydrogen-bond acceptors (Lipinski definition) is 5. The number of rotatable bonds is 5. The van der Waals surface area contributed by atoms with Crippen LogP contribution in [0, 0.1) is 5.82 Å². The maximum atomic E-state index is 13.8. The Labute approximate surface area is 134 Å². The van der Waals surface area contributed by atoms with Crippen LogP contribution >= 0.6 is 0 Å². The quantitative estimate of drug-likeness (QED) is 0.913. The summed E-state index contributed by atoms with van der Waals surface area (Å²) >= 11 is 0. The monoisotopic (exact) mass is 314 g/mol. The smallest absolute Gasteiger partial charge is 0.229 e. The van der Waals surface area contributed by atoms with Crippen molar-refractivity contribution in [2.75, 3.05) is 30.4 Å². The standard InChI is InChI=1S/C17H19FN4O/c1-3-8-22-9-4-5-12-11-19-17(21-16(12)22)20-13-6-7-15(23-2)14(18)10-13/h4-7,10-11H,3,8-9H2,1-2H3,(H,19,20,21). The first-order valence-corrected chi connectivity index (χ1v) is 7.60. The van der Waals surface area contributed by atoms with Gasteiger partial charge in [-0.25, -0.2) is 9.37 Å². The van der Waals surface area contributed by atoms with Crippen LogP contribution in [-0.4, -0.2) is 30.2 Å². The van der Waals surface area contributed by atoms with Crippen molar-refractivity contribution in [2.45, 2.75) is 13.3 Å². The van der Waals surface area contributed by atoms with E-state index in [2.05, 4.69) is 33.2 Å². The lowest BCUT2D eigenvalue weighted by Gasteiger charge is -2.26. The minimum Gasteiger partial charge on any atom is -0.494 e. The second kappa shape index (κ2) is 6.64. The highest BCUT2D eigenvalue weighted by Crippen LogP contribution is 2.26. The molecule has 6 heteroatoms. The van der Waals surface area contributed by atoms with E-state index in [1.807, 2.05) is 6.08 Å². The Morgan fingerprint density at radius 3 is 3.00 bits per heavy atom. The Kier molecular flexibility index (Phi) is 4.41. The van der Waals surface area contributed by atoms with E-state index in [1.165, 1.54) is 13.2 Å². The fourth-order valence-corrected chi connectivity index (χ4v) is 2.55. The van der Waals surface area contributed by atoms with Gasteiger partial charge in [-0.15, -0.1) is 0 Å². The molecule has 1 N–H and O–H groups in total. The Hall–Kier alpha value is -2.63. The molecule has 1 aliphatic rings. The molecule has 1 aromatic heterocycles. The van der Waals surface area contributed by atoms with Gasteiger partial charge in [-0.05, 0) is 18.6 Å². The number of halogens is 1. The van der Waals surface area contributed by atoms with Crippen molar-refractivity contribution < 1.29 is 9.13 Å². The molecule has 0 aliphatic carbocycles. The van der Waals surface area contributed by atoms with E-state index in [-0.39, 0.29) is 5.75 Å². The molecular weight excluding hydrogens is 295 g/mol. The van der Waals surface area contributed by atoms with Crippen LogP contribution in [0.25, 0.3) is 6.08 Å². The number of anilines is 3. The number of methoxy groups -OCH3 is 1. The molecule has 0 bridgehead atoms. The molecule has 3 rings (SSSR count). The molecule has 0 saturated carbocycles. The molecule has 1 aromatic carbocycles. The average molecular weight is 314 g/mol. The summed E-state index contributed by atoms with van der Waals surface area (Å²) in [4.78, 5) is 11.1.